The van der Waals surface area contributed by atoms with Crippen LogP contribution in [0.2, 0.25) is 0 Å². The van der Waals surface area contributed by atoms with E-state index in [0.29, 0.717) is 61.7 Å². The van der Waals surface area contributed by atoms with Gasteiger partial charge in [-0.15, -0.1) is 0 Å². The number of ether oxygens (including phenoxy) is 4. The van der Waals surface area contributed by atoms with Gasteiger partial charge in [-0.05, 0) is 30.2 Å². The van der Waals surface area contributed by atoms with Crippen LogP contribution in [0.4, 0.5) is 5.82 Å². The van der Waals surface area contributed by atoms with Crippen molar-refractivity contribution in [2.24, 2.45) is 7.05 Å². The van der Waals surface area contributed by atoms with Crippen molar-refractivity contribution in [3.8, 4) is 23.0 Å². The van der Waals surface area contributed by atoms with Crippen molar-refractivity contribution >= 4 is 34.6 Å². The van der Waals surface area contributed by atoms with Crippen molar-refractivity contribution in [2.75, 3.05) is 45.4 Å². The number of imide groups is 1. The molecule has 15 nitrogen and oxygen atoms in total. The summed E-state index contributed by atoms with van der Waals surface area (Å²) in [6.07, 6.45) is 5.55. The maximum atomic E-state index is 13.1. The molecule has 1 aliphatic rings. The number of nitrogens with two attached hydrogens (primary N) is 1. The number of rotatable bonds is 15. The number of nitrogens with zero attached hydrogens (tertiary/aromatic N) is 5. The Labute approximate surface area is 304 Å². The molecular formula is C38H39N7O8. The normalized spacial score (nSPS) is 14.2. The van der Waals surface area contributed by atoms with E-state index < -0.39 is 17.9 Å². The lowest BCUT2D eigenvalue weighted by molar-refractivity contribution is -0.135. The van der Waals surface area contributed by atoms with E-state index in [-0.39, 0.29) is 49.0 Å². The Hall–Kier alpha value is -6.08. The molecule has 53 heavy (non-hydrogen) atoms. The van der Waals surface area contributed by atoms with Gasteiger partial charge < -0.3 is 24.7 Å². The average molecular weight is 722 g/mol. The van der Waals surface area contributed by atoms with Gasteiger partial charge in [-0.25, -0.2) is 14.6 Å². The minimum atomic E-state index is -0.759. The Morgan fingerprint density at radius 1 is 0.962 bits per heavy atom. The van der Waals surface area contributed by atoms with E-state index >= 15 is 0 Å². The number of pyridine rings is 1. The van der Waals surface area contributed by atoms with Crippen LogP contribution in [-0.4, -0.2) is 81.3 Å². The van der Waals surface area contributed by atoms with Gasteiger partial charge in [0.15, 0.2) is 0 Å². The lowest BCUT2D eigenvalue weighted by atomic mass is 10.1. The molecule has 0 spiro atoms. The quantitative estimate of drug-likeness (QED) is 0.0701. The standard InChI is InChI=1S/C38H39N7O8/c1-43-34-27(9-5-11-31(34)45(38(43)49)32-12-13-33(46)42-36(32)47)10-6-15-50-17-19-52-20-18-51-16-14-44-24-29(23-41-44)28-21-30(35(39)40-22-28)37(48)53-25-26-7-3-2-4-8-26/h2-5,7-9,11,21-24,32H,12-20,25H2,1H3,(H2,39,40)(H,42,46,47). The highest BCUT2D eigenvalue weighted by Crippen LogP contribution is 2.25. The second-order valence-electron chi connectivity index (χ2n) is 12.1. The zero-order valence-electron chi connectivity index (χ0n) is 29.2. The summed E-state index contributed by atoms with van der Waals surface area (Å²) in [5.74, 6) is 4.76. The molecule has 3 aromatic heterocycles. The molecule has 1 fully saturated rings. The first-order chi connectivity index (χ1) is 25.8. The molecule has 1 saturated heterocycles. The predicted octanol–water partition coefficient (Wildman–Crippen LogP) is 2.62. The molecule has 1 unspecified atom stereocenters. The highest BCUT2D eigenvalue weighted by atomic mass is 16.5. The number of nitrogens with one attached hydrogen (secondary N) is 1. The number of anilines is 1. The molecule has 1 aliphatic heterocycles. The molecule has 15 heteroatoms. The monoisotopic (exact) mass is 721 g/mol. The Morgan fingerprint density at radius 2 is 1.74 bits per heavy atom. The molecule has 0 bridgehead atoms. The van der Waals surface area contributed by atoms with Crippen LogP contribution in [0.5, 0.6) is 0 Å². The van der Waals surface area contributed by atoms with Crippen LogP contribution in [0.25, 0.3) is 22.2 Å². The van der Waals surface area contributed by atoms with Crippen LogP contribution in [-0.2, 0) is 48.7 Å². The smallest absolute Gasteiger partial charge is 0.342 e. The molecular weight excluding hydrogens is 682 g/mol. The Balaban J connectivity index is 0.878. The highest BCUT2D eigenvalue weighted by Gasteiger charge is 2.31. The van der Waals surface area contributed by atoms with Gasteiger partial charge in [-0.2, -0.15) is 5.10 Å². The van der Waals surface area contributed by atoms with Gasteiger partial charge in [0.25, 0.3) is 0 Å². The van der Waals surface area contributed by atoms with Crippen LogP contribution in [0, 0.1) is 11.8 Å². The van der Waals surface area contributed by atoms with E-state index in [0.717, 1.165) is 11.1 Å². The number of hydrogen-bond donors (Lipinski definition) is 2. The molecule has 3 N–H and O–H groups in total. The summed E-state index contributed by atoms with van der Waals surface area (Å²) in [6.45, 7) is 2.72. The summed E-state index contributed by atoms with van der Waals surface area (Å²) in [5, 5.41) is 6.69. The number of piperidine rings is 1. The number of esters is 1. The number of aryl methyl sites for hydroxylation is 1. The Bertz CT molecular complexity index is 2210. The van der Waals surface area contributed by atoms with Crippen LogP contribution in [0.1, 0.15) is 40.4 Å². The molecule has 4 heterocycles. The predicted molar refractivity (Wildman–Crippen MR) is 193 cm³/mol. The number of carbonyl (C=O) groups excluding carboxylic acids is 3. The number of benzene rings is 2. The van der Waals surface area contributed by atoms with Crippen LogP contribution in [0.3, 0.4) is 0 Å². The van der Waals surface area contributed by atoms with Crippen molar-refractivity contribution in [1.82, 2.24) is 29.2 Å². The topological polar surface area (TPSA) is 184 Å². The van der Waals surface area contributed by atoms with Gasteiger partial charge in [0.1, 0.15) is 30.6 Å². The van der Waals surface area contributed by atoms with Gasteiger partial charge in [0.05, 0.1) is 62.4 Å². The first-order valence-corrected chi connectivity index (χ1v) is 17.0. The first kappa shape index (κ1) is 36.7. The number of fused-ring (bicyclic) bond motifs is 1. The maximum absolute atomic E-state index is 13.1. The van der Waals surface area contributed by atoms with Crippen LogP contribution < -0.4 is 16.7 Å². The van der Waals surface area contributed by atoms with Crippen molar-refractivity contribution in [3.05, 3.63) is 100 Å². The van der Waals surface area contributed by atoms with Gasteiger partial charge >= 0.3 is 11.7 Å². The summed E-state index contributed by atoms with van der Waals surface area (Å²) in [7, 11) is 1.63. The summed E-state index contributed by atoms with van der Waals surface area (Å²) >= 11 is 0. The minimum absolute atomic E-state index is 0.0940. The zero-order chi connectivity index (χ0) is 37.2. The maximum Gasteiger partial charge on any atom is 0.342 e. The Morgan fingerprint density at radius 3 is 2.53 bits per heavy atom. The SMILES string of the molecule is Cn1c(=O)n(C2CCC(=O)NC2=O)c2cccc(C#CCOCCOCCOCCn3cc(-c4cnc(N)c(C(=O)OCc5ccccc5)c4)cn3)c21. The molecule has 2 amide bonds. The third-order valence-corrected chi connectivity index (χ3v) is 8.55. The molecule has 0 saturated carbocycles. The second-order valence-corrected chi connectivity index (χ2v) is 12.1. The fourth-order valence-electron chi connectivity index (χ4n) is 5.85. The Kier molecular flexibility index (Phi) is 12.1. The summed E-state index contributed by atoms with van der Waals surface area (Å²) in [6, 6.07) is 15.6. The number of imidazole rings is 1. The van der Waals surface area contributed by atoms with Gasteiger partial charge in [-0.1, -0.05) is 48.2 Å². The van der Waals surface area contributed by atoms with Crippen molar-refractivity contribution < 1.29 is 33.3 Å². The fraction of sp³-hybridized carbons (Fsp3) is 0.316. The van der Waals surface area contributed by atoms with E-state index in [9.17, 15) is 19.2 Å². The summed E-state index contributed by atoms with van der Waals surface area (Å²) < 4.78 is 26.9. The van der Waals surface area contributed by atoms with Crippen LogP contribution >= 0.6 is 0 Å². The second kappa shape index (κ2) is 17.4. The minimum Gasteiger partial charge on any atom is -0.457 e. The van der Waals surface area contributed by atoms with E-state index in [1.807, 2.05) is 36.5 Å². The molecule has 2 aromatic carbocycles. The van der Waals surface area contributed by atoms with E-state index in [4.69, 9.17) is 24.7 Å². The van der Waals surface area contributed by atoms with Gasteiger partial charge in [0, 0.05) is 37.0 Å². The molecule has 0 radical (unpaired) electrons. The van der Waals surface area contributed by atoms with Gasteiger partial charge in [-0.3, -0.25) is 28.7 Å². The third-order valence-electron chi connectivity index (χ3n) is 8.55. The highest BCUT2D eigenvalue weighted by molar-refractivity contribution is 6.00. The third kappa shape index (κ3) is 9.05. The summed E-state index contributed by atoms with van der Waals surface area (Å²) in [4.78, 5) is 54.0. The summed E-state index contributed by atoms with van der Waals surface area (Å²) in [5.41, 5.74) is 9.96. The number of aromatic nitrogens is 5. The molecule has 1 atom stereocenters. The molecule has 0 aliphatic carbocycles. The van der Waals surface area contributed by atoms with Gasteiger partial charge in [0.2, 0.25) is 11.8 Å². The first-order valence-electron chi connectivity index (χ1n) is 17.0. The zero-order valence-corrected chi connectivity index (χ0v) is 29.2. The fourth-order valence-corrected chi connectivity index (χ4v) is 5.85. The average Bonchev–Trinajstić information content (AvgIpc) is 3.74. The van der Waals surface area contributed by atoms with E-state index in [1.165, 1.54) is 9.13 Å². The number of hydrogen-bond acceptors (Lipinski definition) is 11. The molecule has 5 aromatic rings. The van der Waals surface area contributed by atoms with Crippen LogP contribution in [0.15, 0.2) is 78.0 Å². The number of para-hydroxylation sites is 1. The van der Waals surface area contributed by atoms with Crippen molar-refractivity contribution in [3.63, 3.8) is 0 Å². The lowest BCUT2D eigenvalue weighted by Gasteiger charge is -2.21. The molecule has 6 rings (SSSR count). The number of carbonyl (C=O) groups is 3. The largest absolute Gasteiger partial charge is 0.457 e. The van der Waals surface area contributed by atoms with Crippen molar-refractivity contribution in [1.29, 1.82) is 0 Å². The van der Waals surface area contributed by atoms with E-state index in [1.54, 1.807) is 48.4 Å². The van der Waals surface area contributed by atoms with Crippen molar-refractivity contribution in [2.45, 2.75) is 32.0 Å². The number of amides is 2. The molecule has 274 valence electrons. The van der Waals surface area contributed by atoms with E-state index in [2.05, 4.69) is 27.2 Å². The lowest BCUT2D eigenvalue weighted by Crippen LogP contribution is -2.44. The number of nitrogen functional groups attached to an aromatic ring is 1.